The molecule has 1 N–H and O–H groups in total. The Kier molecular flexibility index (Phi) is 4.05. The van der Waals surface area contributed by atoms with Gasteiger partial charge in [0.15, 0.2) is 0 Å². The first-order valence-corrected chi connectivity index (χ1v) is 7.89. The summed E-state index contributed by atoms with van der Waals surface area (Å²) in [6, 6.07) is 7.31. The van der Waals surface area contributed by atoms with Crippen molar-refractivity contribution in [3.8, 4) is 5.75 Å². The number of nitrogens with one attached hydrogen (secondary N) is 1. The zero-order valence-electron chi connectivity index (χ0n) is 13.0. The maximum Gasteiger partial charge on any atom is 0.243 e. The van der Waals surface area contributed by atoms with Crippen LogP contribution >= 0.6 is 0 Å². The largest absolute Gasteiger partial charge is 0.493 e. The summed E-state index contributed by atoms with van der Waals surface area (Å²) < 4.78 is 5.64. The highest BCUT2D eigenvalue weighted by Gasteiger charge is 2.39. The number of piperazine rings is 1. The van der Waals surface area contributed by atoms with E-state index in [2.05, 4.69) is 5.32 Å². The van der Waals surface area contributed by atoms with Crippen molar-refractivity contribution in [2.75, 3.05) is 19.7 Å². The third kappa shape index (κ3) is 2.56. The molecule has 1 aromatic rings. The standard InChI is InChI=1S/C17H22N2O3/c1-11(2)15-16(20)18-8-9-19(15)17(21)13-7-10-22-14-6-4-3-5-12(13)14/h3-6,11,13,15H,7-10H2,1-2H3,(H,18,20). The number of rotatable bonds is 2. The molecular formula is C17H22N2O3. The van der Waals surface area contributed by atoms with E-state index in [0.29, 0.717) is 26.1 Å². The number of carbonyl (C=O) groups is 2. The van der Waals surface area contributed by atoms with Crippen molar-refractivity contribution in [3.63, 3.8) is 0 Å². The molecule has 0 bridgehead atoms. The van der Waals surface area contributed by atoms with E-state index >= 15 is 0 Å². The smallest absolute Gasteiger partial charge is 0.243 e. The lowest BCUT2D eigenvalue weighted by Crippen LogP contribution is -2.60. The lowest BCUT2D eigenvalue weighted by Gasteiger charge is -2.40. The highest BCUT2D eigenvalue weighted by molar-refractivity contribution is 5.92. The van der Waals surface area contributed by atoms with Crippen LogP contribution in [-0.4, -0.2) is 42.5 Å². The first kappa shape index (κ1) is 14.9. The van der Waals surface area contributed by atoms with Gasteiger partial charge in [-0.3, -0.25) is 9.59 Å². The second-order valence-corrected chi connectivity index (χ2v) is 6.24. The lowest BCUT2D eigenvalue weighted by molar-refractivity contribution is -0.146. The topological polar surface area (TPSA) is 58.6 Å². The van der Waals surface area contributed by atoms with Gasteiger partial charge in [0.2, 0.25) is 11.8 Å². The molecule has 0 aromatic heterocycles. The van der Waals surface area contributed by atoms with Crippen LogP contribution in [0.15, 0.2) is 24.3 Å². The van der Waals surface area contributed by atoms with Crippen LogP contribution in [0, 0.1) is 5.92 Å². The molecule has 3 rings (SSSR count). The number of nitrogens with zero attached hydrogens (tertiary/aromatic N) is 1. The fourth-order valence-electron chi connectivity index (χ4n) is 3.39. The molecule has 0 spiro atoms. The van der Waals surface area contributed by atoms with Gasteiger partial charge in [0.05, 0.1) is 12.5 Å². The molecule has 1 aromatic carbocycles. The number of ether oxygens (including phenoxy) is 1. The Bertz CT molecular complexity index is 585. The van der Waals surface area contributed by atoms with Crippen molar-refractivity contribution in [3.05, 3.63) is 29.8 Å². The SMILES string of the molecule is CC(C)C1C(=O)NCCN1C(=O)C1CCOc2ccccc21. The van der Waals surface area contributed by atoms with Gasteiger partial charge >= 0.3 is 0 Å². The normalized spacial score (nSPS) is 24.5. The van der Waals surface area contributed by atoms with Crippen molar-refractivity contribution in [2.24, 2.45) is 5.92 Å². The fourth-order valence-corrected chi connectivity index (χ4v) is 3.39. The first-order valence-electron chi connectivity index (χ1n) is 7.89. The first-order chi connectivity index (χ1) is 10.6. The number of hydrogen-bond acceptors (Lipinski definition) is 3. The molecular weight excluding hydrogens is 280 g/mol. The van der Waals surface area contributed by atoms with Crippen molar-refractivity contribution in [2.45, 2.75) is 32.2 Å². The van der Waals surface area contributed by atoms with Crippen molar-refractivity contribution < 1.29 is 14.3 Å². The van der Waals surface area contributed by atoms with Gasteiger partial charge in [-0.25, -0.2) is 0 Å². The molecule has 2 aliphatic rings. The Morgan fingerprint density at radius 2 is 2.14 bits per heavy atom. The Balaban J connectivity index is 1.89. The Morgan fingerprint density at radius 3 is 2.91 bits per heavy atom. The molecule has 0 radical (unpaired) electrons. The summed E-state index contributed by atoms with van der Waals surface area (Å²) in [5, 5.41) is 2.86. The monoisotopic (exact) mass is 302 g/mol. The van der Waals surface area contributed by atoms with Gasteiger partial charge in [0, 0.05) is 18.7 Å². The minimum atomic E-state index is -0.378. The van der Waals surface area contributed by atoms with Gasteiger partial charge < -0.3 is 15.0 Å². The van der Waals surface area contributed by atoms with Crippen molar-refractivity contribution >= 4 is 11.8 Å². The number of fused-ring (bicyclic) bond motifs is 1. The number of benzene rings is 1. The molecule has 2 aliphatic heterocycles. The van der Waals surface area contributed by atoms with E-state index < -0.39 is 0 Å². The van der Waals surface area contributed by atoms with E-state index in [0.717, 1.165) is 11.3 Å². The number of hydrogen-bond donors (Lipinski definition) is 1. The molecule has 1 fully saturated rings. The van der Waals surface area contributed by atoms with Gasteiger partial charge in [-0.2, -0.15) is 0 Å². The average molecular weight is 302 g/mol. The maximum absolute atomic E-state index is 13.1. The maximum atomic E-state index is 13.1. The average Bonchev–Trinajstić information content (AvgIpc) is 2.53. The van der Waals surface area contributed by atoms with E-state index in [1.54, 1.807) is 4.90 Å². The lowest BCUT2D eigenvalue weighted by atomic mass is 9.89. The fraction of sp³-hybridized carbons (Fsp3) is 0.529. The summed E-state index contributed by atoms with van der Waals surface area (Å²) in [4.78, 5) is 27.0. The predicted octanol–water partition coefficient (Wildman–Crippen LogP) is 1.54. The molecule has 2 atom stereocenters. The Labute approximate surface area is 130 Å². The van der Waals surface area contributed by atoms with E-state index in [-0.39, 0.29) is 29.7 Å². The van der Waals surface area contributed by atoms with Crippen LogP contribution in [0.4, 0.5) is 0 Å². The van der Waals surface area contributed by atoms with Crippen LogP contribution < -0.4 is 10.1 Å². The zero-order valence-corrected chi connectivity index (χ0v) is 13.0. The van der Waals surface area contributed by atoms with Gasteiger partial charge in [-0.15, -0.1) is 0 Å². The Morgan fingerprint density at radius 1 is 1.36 bits per heavy atom. The van der Waals surface area contributed by atoms with Crippen LogP contribution in [0.2, 0.25) is 0 Å². The summed E-state index contributed by atoms with van der Waals surface area (Å²) >= 11 is 0. The van der Waals surface area contributed by atoms with E-state index in [4.69, 9.17) is 4.74 Å². The molecule has 5 nitrogen and oxygen atoms in total. The molecule has 2 amide bonds. The van der Waals surface area contributed by atoms with Crippen LogP contribution in [0.1, 0.15) is 31.7 Å². The minimum Gasteiger partial charge on any atom is -0.493 e. The third-order valence-electron chi connectivity index (χ3n) is 4.43. The number of carbonyl (C=O) groups excluding carboxylic acids is 2. The quantitative estimate of drug-likeness (QED) is 0.901. The van der Waals surface area contributed by atoms with E-state index in [9.17, 15) is 9.59 Å². The summed E-state index contributed by atoms with van der Waals surface area (Å²) in [5.41, 5.74) is 0.937. The minimum absolute atomic E-state index is 0.0456. The number of para-hydroxylation sites is 1. The summed E-state index contributed by atoms with van der Waals surface area (Å²) in [7, 11) is 0. The summed E-state index contributed by atoms with van der Waals surface area (Å²) in [6.45, 7) is 5.60. The van der Waals surface area contributed by atoms with Crippen LogP contribution in [0.3, 0.4) is 0 Å². The van der Waals surface area contributed by atoms with Gasteiger partial charge in [0.25, 0.3) is 0 Å². The predicted molar refractivity (Wildman–Crippen MR) is 82.6 cm³/mol. The van der Waals surface area contributed by atoms with Gasteiger partial charge in [-0.1, -0.05) is 32.0 Å². The Hall–Kier alpha value is -2.04. The summed E-state index contributed by atoms with van der Waals surface area (Å²) in [5.74, 6) is 0.672. The van der Waals surface area contributed by atoms with Crippen LogP contribution in [0.25, 0.3) is 0 Å². The highest BCUT2D eigenvalue weighted by atomic mass is 16.5. The molecule has 22 heavy (non-hydrogen) atoms. The molecule has 118 valence electrons. The van der Waals surface area contributed by atoms with Crippen LogP contribution in [-0.2, 0) is 9.59 Å². The summed E-state index contributed by atoms with van der Waals surface area (Å²) in [6.07, 6.45) is 0.665. The van der Waals surface area contributed by atoms with Crippen molar-refractivity contribution in [1.82, 2.24) is 10.2 Å². The molecule has 0 aliphatic carbocycles. The van der Waals surface area contributed by atoms with Gasteiger partial charge in [-0.05, 0) is 18.4 Å². The molecule has 2 unspecified atom stereocenters. The molecule has 0 saturated carbocycles. The zero-order chi connectivity index (χ0) is 15.7. The van der Waals surface area contributed by atoms with Gasteiger partial charge in [0.1, 0.15) is 11.8 Å². The third-order valence-corrected chi connectivity index (χ3v) is 4.43. The highest BCUT2D eigenvalue weighted by Crippen LogP contribution is 2.35. The van der Waals surface area contributed by atoms with Crippen molar-refractivity contribution in [1.29, 1.82) is 0 Å². The van der Waals surface area contributed by atoms with Crippen LogP contribution in [0.5, 0.6) is 5.75 Å². The van der Waals surface area contributed by atoms with E-state index in [1.165, 1.54) is 0 Å². The second-order valence-electron chi connectivity index (χ2n) is 6.24. The molecule has 2 heterocycles. The number of amides is 2. The molecule has 1 saturated heterocycles. The van der Waals surface area contributed by atoms with E-state index in [1.807, 2.05) is 38.1 Å². The molecule has 5 heteroatoms. The second kappa shape index (κ2) is 5.99.